The fraction of sp³-hybridized carbons (Fsp3) is 0.263. The van der Waals surface area contributed by atoms with Gasteiger partial charge in [0, 0.05) is 11.1 Å². The maximum absolute atomic E-state index is 12.9. The number of carbonyl (C=O) groups excluding carboxylic acids is 2. The standard InChI is InChI=1S/C19H18ClN7O5S2/c1-32-26-12(11-14(20)34-19(22)25-11)16(28)24-10-7-4-5-8(13(18(30)31)27(7)17(10)29)33-9-3-2-6-23-15(9)21/h2-3,6-7,10H,4-5H2,1H3,(H2,21,23)(H2,22,25)(H,24,28)(H,30,31)/b26-12-/t7?,10-/m0/s1. The molecule has 1 fully saturated rings. The fourth-order valence-corrected chi connectivity index (χ4v) is 5.71. The summed E-state index contributed by atoms with van der Waals surface area (Å²) in [5, 5.41) is 16.2. The van der Waals surface area contributed by atoms with Crippen LogP contribution in [-0.2, 0) is 19.2 Å². The van der Waals surface area contributed by atoms with Gasteiger partial charge in [-0.1, -0.05) is 39.9 Å². The highest BCUT2D eigenvalue weighted by Crippen LogP contribution is 2.44. The third-order valence-corrected chi connectivity index (χ3v) is 7.43. The number of oxime groups is 1. The Morgan fingerprint density at radius 2 is 2.21 bits per heavy atom. The summed E-state index contributed by atoms with van der Waals surface area (Å²) in [6, 6.07) is 1.92. The van der Waals surface area contributed by atoms with Gasteiger partial charge in [-0.3, -0.25) is 14.5 Å². The van der Waals surface area contributed by atoms with Crippen molar-refractivity contribution in [1.29, 1.82) is 0 Å². The monoisotopic (exact) mass is 523 g/mol. The average molecular weight is 524 g/mol. The highest BCUT2D eigenvalue weighted by molar-refractivity contribution is 8.03. The van der Waals surface area contributed by atoms with E-state index >= 15 is 0 Å². The normalized spacial score (nSPS) is 20.0. The molecule has 4 rings (SSSR count). The maximum atomic E-state index is 12.9. The number of hydrogen-bond donors (Lipinski definition) is 4. The molecule has 178 valence electrons. The molecule has 2 aliphatic heterocycles. The van der Waals surface area contributed by atoms with Gasteiger partial charge < -0.3 is 26.7 Å². The number of pyridine rings is 1. The number of allylic oxidation sites excluding steroid dienone is 1. The first kappa shape index (κ1) is 23.8. The van der Waals surface area contributed by atoms with E-state index in [9.17, 15) is 19.5 Å². The van der Waals surface area contributed by atoms with E-state index in [1.54, 1.807) is 12.1 Å². The van der Waals surface area contributed by atoms with Crippen molar-refractivity contribution in [3.63, 3.8) is 0 Å². The van der Waals surface area contributed by atoms with Crippen LogP contribution >= 0.6 is 34.7 Å². The molecular weight excluding hydrogens is 506 g/mol. The molecule has 2 aromatic heterocycles. The molecule has 0 saturated carbocycles. The number of aromatic nitrogens is 2. The molecule has 2 atom stereocenters. The molecule has 1 saturated heterocycles. The highest BCUT2D eigenvalue weighted by Gasteiger charge is 2.54. The van der Waals surface area contributed by atoms with Crippen molar-refractivity contribution in [1.82, 2.24) is 20.2 Å². The quantitative estimate of drug-likeness (QED) is 0.234. The van der Waals surface area contributed by atoms with Gasteiger partial charge in [-0.25, -0.2) is 14.8 Å². The van der Waals surface area contributed by atoms with Gasteiger partial charge in [-0.15, -0.1) is 0 Å². The van der Waals surface area contributed by atoms with E-state index in [1.807, 2.05) is 0 Å². The molecule has 1 unspecified atom stereocenters. The Kier molecular flexibility index (Phi) is 6.63. The number of amides is 2. The van der Waals surface area contributed by atoms with Gasteiger partial charge in [0.25, 0.3) is 11.8 Å². The highest BCUT2D eigenvalue weighted by atomic mass is 35.5. The molecule has 2 amide bonds. The zero-order valence-corrected chi connectivity index (χ0v) is 19.9. The molecule has 4 heterocycles. The Hall–Kier alpha value is -3.36. The van der Waals surface area contributed by atoms with Crippen molar-refractivity contribution in [2.45, 2.75) is 29.8 Å². The summed E-state index contributed by atoms with van der Waals surface area (Å²) < 4.78 is 0.134. The Bertz CT molecular complexity index is 1250. The van der Waals surface area contributed by atoms with Crippen LogP contribution < -0.4 is 16.8 Å². The summed E-state index contributed by atoms with van der Waals surface area (Å²) in [6.45, 7) is 0. The van der Waals surface area contributed by atoms with Gasteiger partial charge in [0.1, 0.15) is 34.7 Å². The number of fused-ring (bicyclic) bond motifs is 1. The molecule has 34 heavy (non-hydrogen) atoms. The number of rotatable bonds is 7. The Balaban J connectivity index is 1.56. The van der Waals surface area contributed by atoms with Crippen LogP contribution in [0.2, 0.25) is 4.34 Å². The predicted molar refractivity (Wildman–Crippen MR) is 126 cm³/mol. The number of halogens is 1. The van der Waals surface area contributed by atoms with Gasteiger partial charge in [-0.05, 0) is 25.0 Å². The van der Waals surface area contributed by atoms with Crippen LogP contribution in [-0.4, -0.2) is 62.7 Å². The van der Waals surface area contributed by atoms with E-state index in [2.05, 4.69) is 20.4 Å². The van der Waals surface area contributed by atoms with E-state index < -0.39 is 29.9 Å². The largest absolute Gasteiger partial charge is 0.477 e. The van der Waals surface area contributed by atoms with Gasteiger partial charge >= 0.3 is 5.97 Å². The van der Waals surface area contributed by atoms with E-state index in [1.165, 1.54) is 18.2 Å². The second-order valence-electron chi connectivity index (χ2n) is 7.13. The first-order valence-corrected chi connectivity index (χ1v) is 11.8. The van der Waals surface area contributed by atoms with Crippen molar-refractivity contribution in [2.24, 2.45) is 5.16 Å². The summed E-state index contributed by atoms with van der Waals surface area (Å²) in [6.07, 6.45) is 2.33. The molecule has 0 bridgehead atoms. The number of carboxylic acids is 1. The lowest BCUT2D eigenvalue weighted by molar-refractivity contribution is -0.155. The van der Waals surface area contributed by atoms with Crippen molar-refractivity contribution < 1.29 is 24.3 Å². The molecule has 0 aliphatic carbocycles. The summed E-state index contributed by atoms with van der Waals surface area (Å²) in [5.41, 5.74) is 11.2. The van der Waals surface area contributed by atoms with E-state index in [4.69, 9.17) is 27.9 Å². The van der Waals surface area contributed by atoms with Crippen LogP contribution in [0.25, 0.3) is 0 Å². The minimum Gasteiger partial charge on any atom is -0.477 e. The fourth-order valence-electron chi connectivity index (χ4n) is 3.71. The van der Waals surface area contributed by atoms with Crippen molar-refractivity contribution >= 4 is 69.1 Å². The number of nitrogens with zero attached hydrogens (tertiary/aromatic N) is 4. The number of β-lactam (4-membered cyclic amide) rings is 1. The van der Waals surface area contributed by atoms with E-state index in [-0.39, 0.29) is 32.4 Å². The summed E-state index contributed by atoms with van der Waals surface area (Å²) in [4.78, 5) is 52.9. The molecule has 2 aromatic rings. The lowest BCUT2D eigenvalue weighted by Gasteiger charge is -2.50. The topological polar surface area (TPSA) is 186 Å². The predicted octanol–water partition coefficient (Wildman–Crippen LogP) is 1.28. The number of nitrogens with one attached hydrogen (secondary N) is 1. The van der Waals surface area contributed by atoms with Crippen molar-refractivity contribution in [3.8, 4) is 0 Å². The number of carboxylic acid groups (broad SMARTS) is 1. The average Bonchev–Trinajstić information content (AvgIpc) is 3.13. The third-order valence-electron chi connectivity index (χ3n) is 5.14. The number of thioether (sulfide) groups is 1. The van der Waals surface area contributed by atoms with Crippen LogP contribution in [0.5, 0.6) is 0 Å². The summed E-state index contributed by atoms with van der Waals surface area (Å²) >= 11 is 8.20. The number of nitrogens with two attached hydrogens (primary N) is 2. The number of anilines is 2. The lowest BCUT2D eigenvalue weighted by Crippen LogP contribution is -2.72. The summed E-state index contributed by atoms with van der Waals surface area (Å²) in [7, 11) is 1.24. The van der Waals surface area contributed by atoms with Gasteiger partial charge in [0.2, 0.25) is 0 Å². The van der Waals surface area contributed by atoms with Gasteiger partial charge in [0.15, 0.2) is 10.8 Å². The van der Waals surface area contributed by atoms with Crippen LogP contribution in [0.4, 0.5) is 10.9 Å². The number of aliphatic carboxylic acids is 1. The number of thiazole rings is 1. The van der Waals surface area contributed by atoms with E-state index in [0.29, 0.717) is 22.6 Å². The Morgan fingerprint density at radius 3 is 2.82 bits per heavy atom. The molecule has 12 nitrogen and oxygen atoms in total. The van der Waals surface area contributed by atoms with Gasteiger partial charge in [-0.2, -0.15) is 0 Å². The SMILES string of the molecule is CO/N=C(\C(=O)N[C@@H]1C(=O)N2C(C(=O)O)=C(Sc3cccnc3N)CCC12)c1nc(N)sc1Cl. The third kappa shape index (κ3) is 4.26. The maximum Gasteiger partial charge on any atom is 0.353 e. The van der Waals surface area contributed by atoms with Crippen LogP contribution in [0.15, 0.2) is 39.0 Å². The zero-order chi connectivity index (χ0) is 24.6. The second kappa shape index (κ2) is 9.48. The number of nitrogen functional groups attached to an aromatic ring is 2. The summed E-state index contributed by atoms with van der Waals surface area (Å²) in [5.74, 6) is -2.30. The van der Waals surface area contributed by atoms with Gasteiger partial charge in [0.05, 0.1) is 10.9 Å². The molecule has 6 N–H and O–H groups in total. The Labute approximate surface area is 206 Å². The first-order valence-electron chi connectivity index (χ1n) is 9.75. The van der Waals surface area contributed by atoms with E-state index in [0.717, 1.165) is 23.1 Å². The molecule has 15 heteroatoms. The van der Waals surface area contributed by atoms with Crippen molar-refractivity contribution in [3.05, 3.63) is 39.0 Å². The lowest BCUT2D eigenvalue weighted by atomic mass is 9.86. The zero-order valence-electron chi connectivity index (χ0n) is 17.5. The van der Waals surface area contributed by atoms with Crippen molar-refractivity contribution in [2.75, 3.05) is 18.6 Å². The molecule has 0 aromatic carbocycles. The minimum absolute atomic E-state index is 0.0228. The van der Waals surface area contributed by atoms with Crippen LogP contribution in [0.3, 0.4) is 0 Å². The first-order chi connectivity index (χ1) is 16.2. The number of hydrogen-bond acceptors (Lipinski definition) is 11. The number of carbonyl (C=O) groups is 3. The van der Waals surface area contributed by atoms with Crippen LogP contribution in [0.1, 0.15) is 18.5 Å². The molecule has 0 radical (unpaired) electrons. The second-order valence-corrected chi connectivity index (χ2v) is 9.90. The minimum atomic E-state index is -1.25. The smallest absolute Gasteiger partial charge is 0.353 e. The molecule has 0 spiro atoms. The Morgan fingerprint density at radius 1 is 1.44 bits per heavy atom. The molecular formula is C19H18ClN7O5S2. The molecule has 2 aliphatic rings. The van der Waals surface area contributed by atoms with Crippen LogP contribution in [0, 0.1) is 0 Å².